The van der Waals surface area contributed by atoms with E-state index in [0.29, 0.717) is 5.58 Å². The van der Waals surface area contributed by atoms with Crippen LogP contribution in [-0.4, -0.2) is 12.1 Å². The molecule has 4 heteroatoms. The van der Waals surface area contributed by atoms with Crippen LogP contribution in [0.2, 0.25) is 0 Å². The number of amides is 1. The molecule has 3 aromatic rings. The monoisotopic (exact) mass is 318 g/mol. The minimum absolute atomic E-state index is 0.290. The van der Waals surface area contributed by atoms with Crippen molar-refractivity contribution in [3.63, 3.8) is 0 Å². The lowest BCUT2D eigenvalue weighted by Gasteiger charge is -1.98. The Balaban J connectivity index is 1.70. The Kier molecular flexibility index (Phi) is 4.57. The van der Waals surface area contributed by atoms with Crippen LogP contribution in [0.5, 0.6) is 0 Å². The van der Waals surface area contributed by atoms with Crippen molar-refractivity contribution in [3.05, 3.63) is 77.1 Å². The highest BCUT2D eigenvalue weighted by Gasteiger charge is 2.16. The van der Waals surface area contributed by atoms with Crippen molar-refractivity contribution in [1.29, 1.82) is 0 Å². The van der Waals surface area contributed by atoms with E-state index >= 15 is 0 Å². The van der Waals surface area contributed by atoms with E-state index < -0.39 is 0 Å². The van der Waals surface area contributed by atoms with Crippen LogP contribution in [-0.2, 0) is 0 Å². The van der Waals surface area contributed by atoms with Crippen molar-refractivity contribution < 1.29 is 9.21 Å². The number of allylic oxidation sites excluding steroid dienone is 1. The average molecular weight is 318 g/mol. The van der Waals surface area contributed by atoms with E-state index in [1.807, 2.05) is 74.5 Å². The Morgan fingerprint density at radius 1 is 1.08 bits per heavy atom. The van der Waals surface area contributed by atoms with E-state index in [2.05, 4.69) is 10.5 Å². The van der Waals surface area contributed by atoms with Gasteiger partial charge in [0.2, 0.25) is 0 Å². The van der Waals surface area contributed by atoms with Crippen molar-refractivity contribution in [2.75, 3.05) is 0 Å². The van der Waals surface area contributed by atoms with Crippen LogP contribution in [0, 0.1) is 6.92 Å². The molecule has 1 amide bonds. The predicted octanol–water partition coefficient (Wildman–Crippen LogP) is 4.56. The van der Waals surface area contributed by atoms with Gasteiger partial charge in [-0.2, -0.15) is 5.10 Å². The summed E-state index contributed by atoms with van der Waals surface area (Å²) in [5.74, 6) is -0.0643. The second-order valence-electron chi connectivity index (χ2n) is 5.55. The quantitative estimate of drug-likeness (QED) is 0.566. The molecule has 0 fully saturated rings. The van der Waals surface area contributed by atoms with Crippen LogP contribution in [0.15, 0.2) is 69.7 Å². The molecule has 0 spiro atoms. The number of benzene rings is 2. The lowest BCUT2D eigenvalue weighted by Crippen LogP contribution is -2.17. The van der Waals surface area contributed by atoms with E-state index in [1.165, 1.54) is 0 Å². The third-order valence-electron chi connectivity index (χ3n) is 3.68. The van der Waals surface area contributed by atoms with Crippen LogP contribution >= 0.6 is 0 Å². The molecule has 120 valence electrons. The van der Waals surface area contributed by atoms with Gasteiger partial charge >= 0.3 is 5.91 Å². The standard InChI is InChI=1S/C20H18N2O2/c1-14(12-16-8-4-3-5-9-16)13-21-22-20(23)19-15(2)17-10-6-7-11-18(17)24-19/h3-13H,1-2H3,(H,22,23)/b14-12+,21-13-. The SMILES string of the molecule is CC(/C=N\NC(=O)c1oc2ccccc2c1C)=C\c1ccccc1. The van der Waals surface area contributed by atoms with Gasteiger partial charge < -0.3 is 4.42 Å². The maximum Gasteiger partial charge on any atom is 0.307 e. The summed E-state index contributed by atoms with van der Waals surface area (Å²) in [6.07, 6.45) is 3.60. The number of fused-ring (bicyclic) bond motifs is 1. The molecule has 0 saturated heterocycles. The van der Waals surface area contributed by atoms with Crippen molar-refractivity contribution in [2.45, 2.75) is 13.8 Å². The molecule has 0 aliphatic heterocycles. The zero-order chi connectivity index (χ0) is 16.9. The first kappa shape index (κ1) is 15.7. The Morgan fingerprint density at radius 2 is 1.79 bits per heavy atom. The number of furan rings is 1. The summed E-state index contributed by atoms with van der Waals surface area (Å²) >= 11 is 0. The molecule has 0 saturated carbocycles. The fraction of sp³-hybridized carbons (Fsp3) is 0.100. The minimum Gasteiger partial charge on any atom is -0.451 e. The number of hydrogen-bond acceptors (Lipinski definition) is 3. The number of hydrazone groups is 1. The van der Waals surface area contributed by atoms with Gasteiger partial charge in [0.15, 0.2) is 5.76 Å². The third kappa shape index (κ3) is 3.43. The molecule has 0 radical (unpaired) electrons. The van der Waals surface area contributed by atoms with Crippen molar-refractivity contribution >= 4 is 29.2 Å². The summed E-state index contributed by atoms with van der Waals surface area (Å²) in [6, 6.07) is 17.5. The number of nitrogens with one attached hydrogen (secondary N) is 1. The molecule has 1 N–H and O–H groups in total. The Morgan fingerprint density at radius 3 is 2.54 bits per heavy atom. The van der Waals surface area contributed by atoms with Crippen LogP contribution in [0.25, 0.3) is 17.0 Å². The van der Waals surface area contributed by atoms with E-state index in [4.69, 9.17) is 4.42 Å². The van der Waals surface area contributed by atoms with Crippen molar-refractivity contribution in [1.82, 2.24) is 5.43 Å². The molecule has 1 aromatic heterocycles. The van der Waals surface area contributed by atoms with Crippen LogP contribution < -0.4 is 5.43 Å². The van der Waals surface area contributed by atoms with Crippen molar-refractivity contribution in [3.8, 4) is 0 Å². The van der Waals surface area contributed by atoms with E-state index in [9.17, 15) is 4.79 Å². The zero-order valence-electron chi connectivity index (χ0n) is 13.6. The molecule has 0 aliphatic rings. The van der Waals surface area contributed by atoms with E-state index in [0.717, 1.165) is 22.1 Å². The Hall–Kier alpha value is -3.14. The summed E-state index contributed by atoms with van der Waals surface area (Å²) in [6.45, 7) is 3.79. The summed E-state index contributed by atoms with van der Waals surface area (Å²) < 4.78 is 5.61. The molecule has 1 heterocycles. The number of nitrogens with zero attached hydrogens (tertiary/aromatic N) is 1. The highest BCUT2D eigenvalue weighted by atomic mass is 16.3. The van der Waals surface area contributed by atoms with Crippen LogP contribution in [0.3, 0.4) is 0 Å². The van der Waals surface area contributed by atoms with Gasteiger partial charge in [-0.25, -0.2) is 5.43 Å². The minimum atomic E-state index is -0.354. The average Bonchev–Trinajstić information content (AvgIpc) is 2.93. The fourth-order valence-corrected chi connectivity index (χ4v) is 2.48. The summed E-state index contributed by atoms with van der Waals surface area (Å²) in [7, 11) is 0. The lowest BCUT2D eigenvalue weighted by atomic mass is 10.1. The summed E-state index contributed by atoms with van der Waals surface area (Å²) in [4.78, 5) is 12.2. The second-order valence-corrected chi connectivity index (χ2v) is 5.55. The molecule has 0 bridgehead atoms. The smallest absolute Gasteiger partial charge is 0.307 e. The molecule has 0 atom stereocenters. The molecule has 0 aliphatic carbocycles. The number of rotatable bonds is 4. The normalized spacial score (nSPS) is 12.0. The number of carbonyl (C=O) groups is 1. The Labute approximate surface area is 140 Å². The number of para-hydroxylation sites is 1. The van der Waals surface area contributed by atoms with Gasteiger partial charge in [-0.05, 0) is 31.1 Å². The Bertz CT molecular complexity index is 921. The first-order valence-electron chi connectivity index (χ1n) is 7.70. The lowest BCUT2D eigenvalue weighted by molar-refractivity contribution is 0.0929. The van der Waals surface area contributed by atoms with Crippen molar-refractivity contribution in [2.24, 2.45) is 5.10 Å². The van der Waals surface area contributed by atoms with Crippen LogP contribution in [0.4, 0.5) is 0 Å². The molecule has 4 nitrogen and oxygen atoms in total. The maximum absolute atomic E-state index is 12.2. The highest BCUT2D eigenvalue weighted by Crippen LogP contribution is 2.24. The second kappa shape index (κ2) is 6.96. The van der Waals surface area contributed by atoms with Gasteiger partial charge in [-0.15, -0.1) is 0 Å². The molecular weight excluding hydrogens is 300 g/mol. The summed E-state index contributed by atoms with van der Waals surface area (Å²) in [5.41, 5.74) is 6.04. The molecule has 3 rings (SSSR count). The topological polar surface area (TPSA) is 54.6 Å². The van der Waals surface area contributed by atoms with E-state index in [-0.39, 0.29) is 11.7 Å². The van der Waals surface area contributed by atoms with Gasteiger partial charge in [0.05, 0.1) is 6.21 Å². The molecule has 24 heavy (non-hydrogen) atoms. The zero-order valence-corrected chi connectivity index (χ0v) is 13.6. The number of hydrogen-bond donors (Lipinski definition) is 1. The molecule has 0 unspecified atom stereocenters. The van der Waals surface area contributed by atoms with Gasteiger partial charge in [0, 0.05) is 10.9 Å². The number of carbonyl (C=O) groups excluding carboxylic acids is 1. The van der Waals surface area contributed by atoms with Gasteiger partial charge in [0.25, 0.3) is 0 Å². The molecule has 2 aromatic carbocycles. The summed E-state index contributed by atoms with van der Waals surface area (Å²) in [5, 5.41) is 4.94. The first-order valence-corrected chi connectivity index (χ1v) is 7.70. The largest absolute Gasteiger partial charge is 0.451 e. The number of aryl methyl sites for hydroxylation is 1. The predicted molar refractivity (Wildman–Crippen MR) is 97.0 cm³/mol. The fourth-order valence-electron chi connectivity index (χ4n) is 2.48. The molecular formula is C20H18N2O2. The van der Waals surface area contributed by atoms with Gasteiger partial charge in [0.1, 0.15) is 5.58 Å². The van der Waals surface area contributed by atoms with E-state index in [1.54, 1.807) is 6.21 Å². The maximum atomic E-state index is 12.2. The van der Waals surface area contributed by atoms with Crippen LogP contribution in [0.1, 0.15) is 28.6 Å². The van der Waals surface area contributed by atoms with Gasteiger partial charge in [-0.3, -0.25) is 4.79 Å². The first-order chi connectivity index (χ1) is 11.6. The van der Waals surface area contributed by atoms with Gasteiger partial charge in [-0.1, -0.05) is 54.6 Å². The highest BCUT2D eigenvalue weighted by molar-refractivity contribution is 5.99. The third-order valence-corrected chi connectivity index (χ3v) is 3.68.